The molecule has 100 valence electrons. The first kappa shape index (κ1) is 13.9. The summed E-state index contributed by atoms with van der Waals surface area (Å²) in [5.41, 5.74) is 1.30. The standard InChI is InChI=1S/C13H19NO2S2/c1-11-4-2-3-5-13(11)17-8-7-14-12-6-9-18(15,16)10-12/h2-5,12,14H,6-10H2,1H3. The van der Waals surface area contributed by atoms with Crippen molar-refractivity contribution in [3.05, 3.63) is 29.8 Å². The molecule has 1 aromatic carbocycles. The number of rotatable bonds is 5. The molecule has 0 bridgehead atoms. The Kier molecular flexibility index (Phi) is 4.70. The van der Waals surface area contributed by atoms with Crippen molar-refractivity contribution in [2.24, 2.45) is 0 Å². The highest BCUT2D eigenvalue weighted by Gasteiger charge is 2.26. The first-order valence-electron chi connectivity index (χ1n) is 6.19. The zero-order chi connectivity index (χ0) is 13.0. The van der Waals surface area contributed by atoms with E-state index in [-0.39, 0.29) is 6.04 Å². The number of benzene rings is 1. The maximum Gasteiger partial charge on any atom is 0.151 e. The van der Waals surface area contributed by atoms with E-state index in [9.17, 15) is 8.42 Å². The zero-order valence-corrected chi connectivity index (χ0v) is 12.2. The van der Waals surface area contributed by atoms with Gasteiger partial charge in [-0.2, -0.15) is 0 Å². The summed E-state index contributed by atoms with van der Waals surface area (Å²) in [6.07, 6.45) is 0.761. The highest BCUT2D eigenvalue weighted by Crippen LogP contribution is 2.21. The molecule has 0 aliphatic carbocycles. The van der Waals surface area contributed by atoms with Crippen molar-refractivity contribution >= 4 is 21.6 Å². The Morgan fingerprint density at radius 2 is 2.17 bits per heavy atom. The van der Waals surface area contributed by atoms with Crippen LogP contribution in [0.15, 0.2) is 29.2 Å². The SMILES string of the molecule is Cc1ccccc1SCCNC1CCS(=O)(=O)C1. The van der Waals surface area contributed by atoms with Crippen molar-refractivity contribution in [3.8, 4) is 0 Å². The van der Waals surface area contributed by atoms with E-state index in [2.05, 4.69) is 24.4 Å². The molecule has 5 heteroatoms. The van der Waals surface area contributed by atoms with Crippen molar-refractivity contribution < 1.29 is 8.42 Å². The van der Waals surface area contributed by atoms with Gasteiger partial charge in [-0.15, -0.1) is 11.8 Å². The Balaban J connectivity index is 1.70. The molecule has 0 radical (unpaired) electrons. The summed E-state index contributed by atoms with van der Waals surface area (Å²) in [6, 6.07) is 8.49. The molecule has 1 saturated heterocycles. The van der Waals surface area contributed by atoms with Crippen LogP contribution >= 0.6 is 11.8 Å². The lowest BCUT2D eigenvalue weighted by molar-refractivity contribution is 0.575. The number of hydrogen-bond donors (Lipinski definition) is 1. The third-order valence-corrected chi connectivity index (χ3v) is 6.06. The van der Waals surface area contributed by atoms with Gasteiger partial charge in [0.05, 0.1) is 11.5 Å². The minimum atomic E-state index is -2.76. The van der Waals surface area contributed by atoms with E-state index < -0.39 is 9.84 Å². The molecule has 3 nitrogen and oxygen atoms in total. The predicted octanol–water partition coefficient (Wildman–Crippen LogP) is 1.86. The van der Waals surface area contributed by atoms with E-state index in [1.165, 1.54) is 10.5 Å². The maximum absolute atomic E-state index is 11.3. The van der Waals surface area contributed by atoms with Crippen LogP contribution < -0.4 is 5.32 Å². The Hall–Kier alpha value is -0.520. The lowest BCUT2D eigenvalue weighted by Crippen LogP contribution is -2.31. The van der Waals surface area contributed by atoms with Gasteiger partial charge in [0.2, 0.25) is 0 Å². The van der Waals surface area contributed by atoms with E-state index in [0.717, 1.165) is 18.7 Å². The van der Waals surface area contributed by atoms with Gasteiger partial charge in [0.15, 0.2) is 9.84 Å². The molecule has 1 aliphatic rings. The summed E-state index contributed by atoms with van der Waals surface area (Å²) in [5, 5.41) is 3.33. The summed E-state index contributed by atoms with van der Waals surface area (Å²) in [6.45, 7) is 2.97. The van der Waals surface area contributed by atoms with Crippen molar-refractivity contribution in [1.82, 2.24) is 5.32 Å². The fourth-order valence-electron chi connectivity index (χ4n) is 2.10. The first-order valence-corrected chi connectivity index (χ1v) is 9.00. The summed E-state index contributed by atoms with van der Waals surface area (Å²) < 4.78 is 22.6. The highest BCUT2D eigenvalue weighted by molar-refractivity contribution is 7.99. The van der Waals surface area contributed by atoms with Crippen LogP contribution in [-0.4, -0.2) is 38.3 Å². The second kappa shape index (κ2) is 6.08. The minimum Gasteiger partial charge on any atom is -0.312 e. The Labute approximate surface area is 113 Å². The molecule has 1 unspecified atom stereocenters. The first-order chi connectivity index (χ1) is 8.57. The minimum absolute atomic E-state index is 0.160. The van der Waals surface area contributed by atoms with Gasteiger partial charge >= 0.3 is 0 Å². The van der Waals surface area contributed by atoms with Crippen LogP contribution in [0.4, 0.5) is 0 Å². The van der Waals surface area contributed by atoms with Crippen LogP contribution in [0.3, 0.4) is 0 Å². The van der Waals surface area contributed by atoms with Gasteiger partial charge in [-0.3, -0.25) is 0 Å². The maximum atomic E-state index is 11.3. The smallest absolute Gasteiger partial charge is 0.151 e. The van der Waals surface area contributed by atoms with Crippen LogP contribution in [0.25, 0.3) is 0 Å². The normalized spacial score (nSPS) is 22.2. The van der Waals surface area contributed by atoms with Crippen molar-refractivity contribution in [2.75, 3.05) is 23.8 Å². The summed E-state index contributed by atoms with van der Waals surface area (Å²) in [5.74, 6) is 1.62. The van der Waals surface area contributed by atoms with Crippen LogP contribution in [0, 0.1) is 6.92 Å². The van der Waals surface area contributed by atoms with Gasteiger partial charge < -0.3 is 5.32 Å². The third-order valence-electron chi connectivity index (χ3n) is 3.12. The summed E-state index contributed by atoms with van der Waals surface area (Å²) >= 11 is 1.82. The molecule has 1 aliphatic heterocycles. The molecular weight excluding hydrogens is 266 g/mol. The molecule has 1 fully saturated rings. The van der Waals surface area contributed by atoms with Gasteiger partial charge in [-0.25, -0.2) is 8.42 Å². The molecular formula is C13H19NO2S2. The monoisotopic (exact) mass is 285 g/mol. The fourth-order valence-corrected chi connectivity index (χ4v) is 4.72. The Bertz CT molecular complexity index is 499. The lowest BCUT2D eigenvalue weighted by Gasteiger charge is -2.10. The summed E-state index contributed by atoms with van der Waals surface area (Å²) in [7, 11) is -2.76. The second-order valence-electron chi connectivity index (χ2n) is 4.67. The van der Waals surface area contributed by atoms with Gasteiger partial charge in [-0.1, -0.05) is 18.2 Å². The van der Waals surface area contributed by atoms with E-state index in [1.807, 2.05) is 23.9 Å². The molecule has 1 heterocycles. The quantitative estimate of drug-likeness (QED) is 0.662. The lowest BCUT2D eigenvalue weighted by atomic mass is 10.2. The molecule has 1 aromatic rings. The Morgan fingerprint density at radius 3 is 2.83 bits per heavy atom. The number of hydrogen-bond acceptors (Lipinski definition) is 4. The molecule has 1 atom stereocenters. The van der Waals surface area contributed by atoms with Gasteiger partial charge in [0, 0.05) is 23.2 Å². The number of nitrogens with one attached hydrogen (secondary N) is 1. The largest absolute Gasteiger partial charge is 0.312 e. The number of sulfone groups is 1. The van der Waals surface area contributed by atoms with E-state index in [1.54, 1.807) is 0 Å². The predicted molar refractivity (Wildman–Crippen MR) is 77.0 cm³/mol. The average molecular weight is 285 g/mol. The van der Waals surface area contributed by atoms with Crippen molar-refractivity contribution in [3.63, 3.8) is 0 Å². The molecule has 0 amide bonds. The molecule has 18 heavy (non-hydrogen) atoms. The number of thioether (sulfide) groups is 1. The van der Waals surface area contributed by atoms with E-state index >= 15 is 0 Å². The van der Waals surface area contributed by atoms with E-state index in [0.29, 0.717) is 11.5 Å². The molecule has 2 rings (SSSR count). The second-order valence-corrected chi connectivity index (χ2v) is 8.03. The molecule has 0 spiro atoms. The number of aryl methyl sites for hydroxylation is 1. The van der Waals surface area contributed by atoms with E-state index in [4.69, 9.17) is 0 Å². The van der Waals surface area contributed by atoms with Gasteiger partial charge in [0.25, 0.3) is 0 Å². The van der Waals surface area contributed by atoms with Crippen molar-refractivity contribution in [2.45, 2.75) is 24.3 Å². The molecule has 0 saturated carbocycles. The molecule has 1 N–H and O–H groups in total. The topological polar surface area (TPSA) is 46.2 Å². The van der Waals surface area contributed by atoms with Crippen molar-refractivity contribution in [1.29, 1.82) is 0 Å². The van der Waals surface area contributed by atoms with Crippen LogP contribution in [0.1, 0.15) is 12.0 Å². The highest BCUT2D eigenvalue weighted by atomic mass is 32.2. The van der Waals surface area contributed by atoms with Crippen LogP contribution in [0.2, 0.25) is 0 Å². The van der Waals surface area contributed by atoms with Crippen LogP contribution in [-0.2, 0) is 9.84 Å². The average Bonchev–Trinajstić information content (AvgIpc) is 2.67. The third kappa shape index (κ3) is 4.00. The Morgan fingerprint density at radius 1 is 1.39 bits per heavy atom. The summed E-state index contributed by atoms with van der Waals surface area (Å²) in [4.78, 5) is 1.30. The molecule has 0 aromatic heterocycles. The zero-order valence-electron chi connectivity index (χ0n) is 10.6. The van der Waals surface area contributed by atoms with Gasteiger partial charge in [-0.05, 0) is 25.0 Å². The fraction of sp³-hybridized carbons (Fsp3) is 0.538. The van der Waals surface area contributed by atoms with Gasteiger partial charge in [0.1, 0.15) is 0 Å². The van der Waals surface area contributed by atoms with Crippen LogP contribution in [0.5, 0.6) is 0 Å².